The number of anilines is 2. The molecule has 3 aromatic carbocycles. The summed E-state index contributed by atoms with van der Waals surface area (Å²) in [6.45, 7) is 7.23. The number of carboxylic acid groups (broad SMARTS) is 1. The van der Waals surface area contributed by atoms with Gasteiger partial charge in [-0.2, -0.15) is 0 Å². The van der Waals surface area contributed by atoms with Crippen LogP contribution in [0.15, 0.2) is 65.1 Å². The van der Waals surface area contributed by atoms with Crippen molar-refractivity contribution in [2.24, 2.45) is 5.41 Å². The summed E-state index contributed by atoms with van der Waals surface area (Å²) < 4.78 is 12.2. The number of aromatic nitrogens is 2. The number of aliphatic hydroxyl groups excluding tert-OH is 2. The summed E-state index contributed by atoms with van der Waals surface area (Å²) in [5, 5.41) is 43.0. The molecule has 238 valence electrons. The van der Waals surface area contributed by atoms with Gasteiger partial charge in [0.2, 0.25) is 5.89 Å². The number of ether oxygens (including phenoxy) is 1. The highest BCUT2D eigenvalue weighted by Crippen LogP contribution is 2.36. The Labute approximate surface area is 262 Å². The van der Waals surface area contributed by atoms with E-state index in [1.807, 2.05) is 62.4 Å². The number of carbonyl (C=O) groups is 1. The van der Waals surface area contributed by atoms with E-state index in [4.69, 9.17) is 14.3 Å². The fourth-order valence-electron chi connectivity index (χ4n) is 5.79. The van der Waals surface area contributed by atoms with E-state index in [0.717, 1.165) is 51.2 Å². The van der Waals surface area contributed by atoms with E-state index in [1.165, 1.54) is 0 Å². The second-order valence-corrected chi connectivity index (χ2v) is 11.5. The van der Waals surface area contributed by atoms with Crippen molar-refractivity contribution in [1.82, 2.24) is 20.4 Å². The number of nitrogens with zero attached hydrogens (tertiary/aromatic N) is 3. The van der Waals surface area contributed by atoms with Crippen molar-refractivity contribution in [1.29, 1.82) is 0 Å². The van der Waals surface area contributed by atoms with Crippen LogP contribution in [0.4, 0.5) is 11.7 Å². The number of hydrogen-bond donors (Lipinski definition) is 5. The molecule has 0 amide bonds. The maximum absolute atomic E-state index is 11.6. The van der Waals surface area contributed by atoms with Gasteiger partial charge >= 0.3 is 12.0 Å². The molecule has 11 heteroatoms. The number of aliphatic hydroxyl groups is 2. The molecule has 1 atom stereocenters. The van der Waals surface area contributed by atoms with Gasteiger partial charge < -0.3 is 40.0 Å². The number of hydrogen-bond acceptors (Lipinski definition) is 10. The van der Waals surface area contributed by atoms with E-state index >= 15 is 0 Å². The van der Waals surface area contributed by atoms with Crippen molar-refractivity contribution < 1.29 is 29.3 Å². The van der Waals surface area contributed by atoms with Gasteiger partial charge in [-0.3, -0.25) is 4.79 Å². The molecular formula is C34H41N5O6. The van der Waals surface area contributed by atoms with Gasteiger partial charge in [0.25, 0.3) is 0 Å². The Morgan fingerprint density at radius 3 is 2.53 bits per heavy atom. The Morgan fingerprint density at radius 1 is 1.02 bits per heavy atom. The minimum absolute atomic E-state index is 0.0909. The number of rotatable bonds is 15. The van der Waals surface area contributed by atoms with Gasteiger partial charge in [0, 0.05) is 37.4 Å². The van der Waals surface area contributed by atoms with E-state index in [1.54, 1.807) is 0 Å². The Morgan fingerprint density at radius 2 is 1.78 bits per heavy atom. The lowest BCUT2D eigenvalue weighted by Crippen LogP contribution is -2.38. The quantitative estimate of drug-likeness (QED) is 0.121. The predicted octanol–water partition coefficient (Wildman–Crippen LogP) is 4.38. The summed E-state index contributed by atoms with van der Waals surface area (Å²) in [4.78, 5) is 13.7. The molecule has 1 aromatic heterocycles. The van der Waals surface area contributed by atoms with Crippen LogP contribution in [-0.4, -0.2) is 82.4 Å². The zero-order valence-corrected chi connectivity index (χ0v) is 25.8. The van der Waals surface area contributed by atoms with Crippen molar-refractivity contribution >= 4 is 17.7 Å². The Bertz CT molecular complexity index is 1610. The van der Waals surface area contributed by atoms with Crippen LogP contribution in [-0.2, 0) is 11.3 Å². The van der Waals surface area contributed by atoms with Crippen LogP contribution in [0.1, 0.15) is 29.5 Å². The summed E-state index contributed by atoms with van der Waals surface area (Å²) in [7, 11) is 0. The normalized spacial score (nSPS) is 16.6. The summed E-state index contributed by atoms with van der Waals surface area (Å²) in [6, 6.07) is 20.2. The smallest absolute Gasteiger partial charge is 0.320 e. The topological polar surface area (TPSA) is 153 Å². The number of carboxylic acids is 1. The van der Waals surface area contributed by atoms with Crippen LogP contribution >= 0.6 is 0 Å². The second-order valence-electron chi connectivity index (χ2n) is 11.5. The van der Waals surface area contributed by atoms with Gasteiger partial charge in [0.1, 0.15) is 11.2 Å². The molecule has 0 aliphatic carbocycles. The van der Waals surface area contributed by atoms with Crippen LogP contribution < -0.4 is 15.4 Å². The van der Waals surface area contributed by atoms with Crippen LogP contribution in [0.5, 0.6) is 5.75 Å². The third-order valence-electron chi connectivity index (χ3n) is 8.42. The lowest BCUT2D eigenvalue weighted by atomic mass is 9.88. The first-order valence-corrected chi connectivity index (χ1v) is 15.2. The van der Waals surface area contributed by atoms with Crippen molar-refractivity contribution in [3.05, 3.63) is 77.4 Å². The molecule has 4 aromatic rings. The van der Waals surface area contributed by atoms with Gasteiger partial charge in [-0.1, -0.05) is 41.5 Å². The fourth-order valence-corrected chi connectivity index (χ4v) is 5.79. The zero-order chi connectivity index (χ0) is 31.8. The third-order valence-corrected chi connectivity index (χ3v) is 8.42. The molecule has 0 bridgehead atoms. The maximum atomic E-state index is 11.6. The SMILES string of the molecule is Cc1c(OCCCN2CCC(CO)(C(=O)O)C2)cccc1-c1cccc(-c2nnc(Nc3cccc(CNCCO)c3)o2)c1C. The molecule has 1 aliphatic rings. The summed E-state index contributed by atoms with van der Waals surface area (Å²) in [5.74, 6) is 0.279. The summed E-state index contributed by atoms with van der Waals surface area (Å²) in [6.07, 6.45) is 1.21. The average Bonchev–Trinajstić information content (AvgIpc) is 3.69. The maximum Gasteiger partial charge on any atom is 0.320 e. The predicted molar refractivity (Wildman–Crippen MR) is 171 cm³/mol. The lowest BCUT2D eigenvalue weighted by Gasteiger charge is -2.22. The van der Waals surface area contributed by atoms with Crippen molar-refractivity contribution in [3.8, 4) is 28.3 Å². The molecule has 45 heavy (non-hydrogen) atoms. The Hall–Kier alpha value is -4.29. The van der Waals surface area contributed by atoms with Gasteiger partial charge in [-0.05, 0) is 85.3 Å². The molecule has 2 heterocycles. The molecule has 1 fully saturated rings. The van der Waals surface area contributed by atoms with E-state index < -0.39 is 11.4 Å². The van der Waals surface area contributed by atoms with Crippen molar-refractivity contribution in [3.63, 3.8) is 0 Å². The third kappa shape index (κ3) is 7.51. The summed E-state index contributed by atoms with van der Waals surface area (Å²) >= 11 is 0. The molecule has 5 N–H and O–H groups in total. The fraction of sp³-hybridized carbons (Fsp3) is 0.382. The molecule has 1 aliphatic heterocycles. The van der Waals surface area contributed by atoms with Crippen LogP contribution in [0.25, 0.3) is 22.6 Å². The second kappa shape index (κ2) is 14.7. The highest BCUT2D eigenvalue weighted by Gasteiger charge is 2.44. The van der Waals surface area contributed by atoms with E-state index in [-0.39, 0.29) is 13.2 Å². The molecular weight excluding hydrogens is 574 g/mol. The van der Waals surface area contributed by atoms with E-state index in [9.17, 15) is 15.0 Å². The first kappa shape index (κ1) is 32.1. The number of aliphatic carboxylic acids is 1. The molecule has 1 saturated heterocycles. The molecule has 5 rings (SSSR count). The Balaban J connectivity index is 1.23. The highest BCUT2D eigenvalue weighted by atomic mass is 16.5. The molecule has 11 nitrogen and oxygen atoms in total. The average molecular weight is 616 g/mol. The van der Waals surface area contributed by atoms with Gasteiger partial charge in [-0.25, -0.2) is 0 Å². The van der Waals surface area contributed by atoms with E-state index in [2.05, 4.69) is 37.9 Å². The van der Waals surface area contributed by atoms with Crippen LogP contribution in [0.2, 0.25) is 0 Å². The first-order chi connectivity index (χ1) is 21.8. The summed E-state index contributed by atoms with van der Waals surface area (Å²) in [5.41, 5.74) is 5.78. The minimum atomic E-state index is -1.05. The molecule has 0 radical (unpaired) electrons. The largest absolute Gasteiger partial charge is 0.493 e. The standard InChI is InChI=1S/C34H41N5O6/c1-23-27(28-10-5-12-30(24(28)2)44-18-6-15-39-16-13-34(21-39,22-41)32(42)43)9-4-11-29(23)31-37-38-33(45-31)36-26-8-3-7-25(19-26)20-35-14-17-40/h3-5,7-12,19,35,40-41H,6,13-18,20-22H2,1-2H3,(H,36,38)(H,42,43). The van der Waals surface area contributed by atoms with E-state index in [0.29, 0.717) is 57.7 Å². The van der Waals surface area contributed by atoms with Crippen LogP contribution in [0.3, 0.4) is 0 Å². The lowest BCUT2D eigenvalue weighted by molar-refractivity contribution is -0.150. The number of benzene rings is 3. The van der Waals surface area contributed by atoms with Crippen LogP contribution in [0, 0.1) is 19.3 Å². The molecule has 0 spiro atoms. The highest BCUT2D eigenvalue weighted by molar-refractivity contribution is 5.78. The van der Waals surface area contributed by atoms with Gasteiger partial charge in [0.05, 0.1) is 19.8 Å². The Kier molecular flexibility index (Phi) is 10.5. The van der Waals surface area contributed by atoms with Gasteiger partial charge in [-0.15, -0.1) is 5.10 Å². The number of likely N-dealkylation sites (tertiary alicyclic amines) is 1. The van der Waals surface area contributed by atoms with Gasteiger partial charge in [0.15, 0.2) is 0 Å². The number of nitrogens with one attached hydrogen (secondary N) is 2. The monoisotopic (exact) mass is 615 g/mol. The van der Waals surface area contributed by atoms with Crippen molar-refractivity contribution in [2.45, 2.75) is 33.2 Å². The van der Waals surface area contributed by atoms with Crippen molar-refractivity contribution in [2.75, 3.05) is 51.3 Å². The molecule has 0 saturated carbocycles. The minimum Gasteiger partial charge on any atom is -0.493 e. The first-order valence-electron chi connectivity index (χ1n) is 15.2. The molecule has 1 unspecified atom stereocenters. The zero-order valence-electron chi connectivity index (χ0n) is 25.8.